The first-order valence-electron chi connectivity index (χ1n) is 42.4. The highest BCUT2D eigenvalue weighted by molar-refractivity contribution is 6.06. The number of nitrogens with one attached hydrogen (secondary N) is 5. The van der Waals surface area contributed by atoms with Crippen LogP contribution in [0.25, 0.3) is 50.7 Å². The summed E-state index contributed by atoms with van der Waals surface area (Å²) in [7, 11) is 1.71. The minimum absolute atomic E-state index is 0.0119. The van der Waals surface area contributed by atoms with Crippen LogP contribution in [0, 0.1) is 40.4 Å². The first-order valence-corrected chi connectivity index (χ1v) is 42.4. The lowest BCUT2D eigenvalue weighted by Crippen LogP contribution is -2.39. The molecule has 16 rings (SSSR count). The minimum Gasteiger partial charge on any atom is -0.383 e. The van der Waals surface area contributed by atoms with Gasteiger partial charge < -0.3 is 75.2 Å². The number of anilines is 3. The van der Waals surface area contributed by atoms with Crippen LogP contribution in [0.3, 0.4) is 0 Å². The standard InChI is InChI=1S/C25H26F3N5O3.C25H24N6O2.C24H26N4O3.C23H24FN5O3/c1-14-4-2-3-5-18(14)24(35)31-13-15-6-8-16(9-7-15)21-20(23(30)34)22(29)33(32-21)17-10-11-36-19(12-17)25(26,27)28;1-16-6-3-4-8-20(16)25(33)29-14-17-9-11-18(12-10-17)22-21(23(26)32)24(27-2)31(30-22)19-7-5-13-28-15-19;1-15-5-3-4-6-20(15)24(30)26-13-17-7-9-18(10-8-17)22-21(23(25)29)16(2)28(27-22)19-11-12-31-14-19;1-13-4-2-3-5-17(13)23(31)27-11-15-7-6-14(10-18(15)24)20-19(22(26)30)21(25)29(28-20)16-8-9-32-12-16/h2-9,17,19H,10-13,29H2,1H3,(H2,30,34)(H,31,35);3-13,15,27H,14H2,1-2H3,(H2,26,32)(H,29,33);3-10,19H,11-14H2,1-2H3,(H2,25,29)(H,26,30);2-7,10,16H,8-9,11-12,25H2,1H3,(H2,26,30)(H,27,31). The maximum atomic E-state index is 14.9. The predicted molar refractivity (Wildman–Crippen MR) is 489 cm³/mol. The Morgan fingerprint density at radius 1 is 0.432 bits per heavy atom. The first-order chi connectivity index (χ1) is 63.4. The van der Waals surface area contributed by atoms with E-state index in [2.05, 4.69) is 46.9 Å². The smallest absolute Gasteiger partial charge is 0.383 e. The molecule has 3 saturated heterocycles. The molecule has 8 heterocycles. The van der Waals surface area contributed by atoms with Gasteiger partial charge in [0.1, 0.15) is 62.7 Å². The molecule has 3 aliphatic rings. The first kappa shape index (κ1) is 94.1. The van der Waals surface area contributed by atoms with Gasteiger partial charge >= 0.3 is 6.18 Å². The van der Waals surface area contributed by atoms with Crippen molar-refractivity contribution in [2.24, 2.45) is 22.9 Å². The lowest BCUT2D eigenvalue weighted by atomic mass is 10.0. The summed E-state index contributed by atoms with van der Waals surface area (Å²) in [4.78, 5) is 103. The van der Waals surface area contributed by atoms with E-state index in [4.69, 9.17) is 53.7 Å². The Morgan fingerprint density at radius 3 is 1.18 bits per heavy atom. The Labute approximate surface area is 757 Å². The van der Waals surface area contributed by atoms with Crippen molar-refractivity contribution in [3.8, 4) is 50.7 Å². The molecule has 8 aromatic carbocycles. The topological polar surface area (TPSA) is 465 Å². The third kappa shape index (κ3) is 21.9. The maximum absolute atomic E-state index is 14.9. The summed E-state index contributed by atoms with van der Waals surface area (Å²) in [5.41, 5.74) is 49.8. The minimum atomic E-state index is -4.51. The summed E-state index contributed by atoms with van der Waals surface area (Å²) in [6.07, 6.45) is -1.67. The van der Waals surface area contributed by atoms with E-state index in [1.54, 1.807) is 96.9 Å². The Kier molecular flexibility index (Phi) is 30.1. The molecule has 4 unspecified atom stereocenters. The van der Waals surface area contributed by atoms with Gasteiger partial charge in [0.15, 0.2) is 6.10 Å². The van der Waals surface area contributed by atoms with E-state index in [1.165, 1.54) is 15.4 Å². The van der Waals surface area contributed by atoms with Crippen LogP contribution in [0.4, 0.5) is 35.0 Å². The van der Waals surface area contributed by atoms with E-state index in [1.807, 2.05) is 161 Å². The Morgan fingerprint density at radius 2 is 0.803 bits per heavy atom. The number of alkyl halides is 3. The van der Waals surface area contributed by atoms with E-state index < -0.39 is 47.8 Å². The second-order valence-electron chi connectivity index (χ2n) is 31.8. The SMILES string of the molecule is CNc1c(C(N)=O)c(-c2ccc(CNC(=O)c3ccccc3C)cc2)nn1-c1cccnc1.Cc1ccccc1C(=O)NCc1ccc(-c2nn(C3CCOC(C(F)(F)F)C3)c(N)c2C(N)=O)cc1.Cc1ccccc1C(=O)NCc1ccc(-c2nn(C3CCOC3)c(C)c2C(N)=O)cc1.Cc1ccccc1C(=O)NCc1ccc(-c2nn(C3CCOC3)c(N)c2C(N)=O)cc1F. The number of amides is 8. The number of carbonyl (C=O) groups excluding carboxylic acids is 8. The Balaban J connectivity index is 0.000000150. The number of hydrogen-bond acceptors (Lipinski definition) is 19. The molecule has 682 valence electrons. The molecule has 132 heavy (non-hydrogen) atoms. The van der Waals surface area contributed by atoms with Crippen LogP contribution in [0.5, 0.6) is 0 Å². The summed E-state index contributed by atoms with van der Waals surface area (Å²) < 4.78 is 76.4. The molecule has 8 amide bonds. The van der Waals surface area contributed by atoms with Gasteiger partial charge in [-0.2, -0.15) is 33.6 Å². The third-order valence-electron chi connectivity index (χ3n) is 22.9. The molecule has 17 N–H and O–H groups in total. The quantitative estimate of drug-likeness (QED) is 0.0237. The molecule has 13 aromatic rings. The summed E-state index contributed by atoms with van der Waals surface area (Å²) in [5.74, 6) is -3.36. The summed E-state index contributed by atoms with van der Waals surface area (Å²) in [6.45, 7) is 12.6. The number of halogens is 4. The highest BCUT2D eigenvalue weighted by Gasteiger charge is 2.45. The van der Waals surface area contributed by atoms with Gasteiger partial charge in [0.2, 0.25) is 0 Å². The second-order valence-corrected chi connectivity index (χ2v) is 31.8. The molecule has 0 radical (unpaired) electrons. The van der Waals surface area contributed by atoms with Crippen LogP contribution in [-0.2, 0) is 40.4 Å². The highest BCUT2D eigenvalue weighted by Crippen LogP contribution is 2.40. The number of hydrogen-bond donors (Lipinski definition) is 11. The zero-order chi connectivity index (χ0) is 94.2. The molecule has 3 fully saturated rings. The number of nitrogens with two attached hydrogens (primary N) is 6. The van der Waals surface area contributed by atoms with Gasteiger partial charge in [0.25, 0.3) is 47.3 Å². The zero-order valence-electron chi connectivity index (χ0n) is 73.2. The Bertz CT molecular complexity index is 6400. The number of rotatable bonds is 25. The van der Waals surface area contributed by atoms with Crippen molar-refractivity contribution in [3.63, 3.8) is 0 Å². The van der Waals surface area contributed by atoms with Crippen molar-refractivity contribution >= 4 is 64.7 Å². The van der Waals surface area contributed by atoms with Crippen LogP contribution < -0.4 is 61.0 Å². The fourth-order valence-corrected chi connectivity index (χ4v) is 15.7. The number of primary amides is 4. The van der Waals surface area contributed by atoms with E-state index in [9.17, 15) is 55.9 Å². The van der Waals surface area contributed by atoms with Crippen LogP contribution in [0.2, 0.25) is 0 Å². The van der Waals surface area contributed by atoms with Crippen molar-refractivity contribution in [1.82, 2.24) is 65.4 Å². The van der Waals surface area contributed by atoms with Gasteiger partial charge in [-0.25, -0.2) is 18.4 Å². The molecule has 0 bridgehead atoms. The summed E-state index contributed by atoms with van der Waals surface area (Å²) in [6, 6.07) is 58.8. The molecule has 31 nitrogen and oxygen atoms in total. The van der Waals surface area contributed by atoms with E-state index >= 15 is 0 Å². The largest absolute Gasteiger partial charge is 0.414 e. The molecule has 0 aliphatic carbocycles. The fraction of sp³-hybridized carbons (Fsp3) is 0.247. The molecule has 0 spiro atoms. The maximum Gasteiger partial charge on any atom is 0.414 e. The molecular weight excluding hydrogens is 1700 g/mol. The van der Waals surface area contributed by atoms with Gasteiger partial charge in [-0.1, -0.05) is 158 Å². The molecule has 3 aliphatic heterocycles. The van der Waals surface area contributed by atoms with Crippen molar-refractivity contribution in [2.45, 2.75) is 117 Å². The number of ether oxygens (including phenoxy) is 3. The van der Waals surface area contributed by atoms with Gasteiger partial charge in [-0.3, -0.25) is 48.0 Å². The molecule has 0 saturated carbocycles. The van der Waals surface area contributed by atoms with E-state index in [-0.39, 0.29) is 102 Å². The zero-order valence-corrected chi connectivity index (χ0v) is 73.2. The van der Waals surface area contributed by atoms with Gasteiger partial charge in [0, 0.05) is 121 Å². The van der Waals surface area contributed by atoms with Crippen LogP contribution >= 0.6 is 0 Å². The lowest BCUT2D eigenvalue weighted by Gasteiger charge is -2.31. The molecule has 4 atom stereocenters. The molecular formula is C97H100F4N20O11. The van der Waals surface area contributed by atoms with Crippen molar-refractivity contribution < 1.29 is 70.1 Å². The Hall–Kier alpha value is -15.5. The number of benzene rings is 8. The third-order valence-corrected chi connectivity index (χ3v) is 22.9. The normalized spacial score (nSPS) is 15.1. The highest BCUT2D eigenvalue weighted by atomic mass is 19.4. The van der Waals surface area contributed by atoms with E-state index in [0.29, 0.717) is 119 Å². The van der Waals surface area contributed by atoms with Gasteiger partial charge in [-0.05, 0) is 135 Å². The van der Waals surface area contributed by atoms with Crippen molar-refractivity contribution in [2.75, 3.05) is 56.9 Å². The van der Waals surface area contributed by atoms with Crippen molar-refractivity contribution in [1.29, 1.82) is 0 Å². The van der Waals surface area contributed by atoms with Gasteiger partial charge in [0.05, 0.1) is 48.8 Å². The summed E-state index contributed by atoms with van der Waals surface area (Å²) in [5, 5.41) is 32.7. The fourth-order valence-electron chi connectivity index (χ4n) is 15.7. The van der Waals surface area contributed by atoms with Gasteiger partial charge in [-0.15, -0.1) is 0 Å². The second kappa shape index (κ2) is 42.2. The average molecular weight is 1800 g/mol. The van der Waals surface area contributed by atoms with Crippen LogP contribution in [0.1, 0.15) is 177 Å². The number of carbonyl (C=O) groups is 8. The number of aromatic nitrogens is 9. The average Bonchev–Trinajstić information content (AvgIpc) is 1.64. The molecule has 5 aromatic heterocycles. The lowest BCUT2D eigenvalue weighted by molar-refractivity contribution is -0.234. The van der Waals surface area contributed by atoms with Crippen molar-refractivity contribution in [3.05, 3.63) is 313 Å². The number of nitrogens with zero attached hydrogens (tertiary/aromatic N) is 9. The number of aryl methyl sites for hydroxylation is 4. The van der Waals surface area contributed by atoms with Crippen LogP contribution in [-0.4, -0.2) is 144 Å². The molecule has 35 heteroatoms. The number of nitrogen functional groups attached to an aromatic ring is 2. The van der Waals surface area contributed by atoms with E-state index in [0.717, 1.165) is 62.2 Å². The predicted octanol–water partition coefficient (Wildman–Crippen LogP) is 12.8. The monoisotopic (exact) mass is 1800 g/mol. The number of pyridine rings is 1. The van der Waals surface area contributed by atoms with Crippen LogP contribution in [0.15, 0.2) is 213 Å². The summed E-state index contributed by atoms with van der Waals surface area (Å²) >= 11 is 0.